The average molecular weight is 757 g/mol. The van der Waals surface area contributed by atoms with Crippen molar-refractivity contribution in [2.45, 2.75) is 102 Å². The number of likely N-dealkylation sites (tertiary alicyclic amines) is 1. The Hall–Kier alpha value is -5.09. The number of aliphatic hydroxyl groups is 2. The molecule has 0 aromatic carbocycles. The van der Waals surface area contributed by atoms with Crippen LogP contribution in [0.4, 0.5) is 4.79 Å². The molecule has 0 spiro atoms. The third-order valence-corrected chi connectivity index (χ3v) is 7.94. The van der Waals surface area contributed by atoms with Gasteiger partial charge in [-0.2, -0.15) is 0 Å². The molecule has 8 amide bonds. The van der Waals surface area contributed by atoms with E-state index in [0.29, 0.717) is 12.7 Å². The Morgan fingerprint density at radius 3 is 2.00 bits per heavy atom. The minimum atomic E-state index is -1.57. The van der Waals surface area contributed by atoms with E-state index >= 15 is 0 Å². The molecule has 1 heterocycles. The summed E-state index contributed by atoms with van der Waals surface area (Å²) in [5.74, 6) is -4.89. The Kier molecular flexibility index (Phi) is 20.3. The van der Waals surface area contributed by atoms with E-state index in [1.165, 1.54) is 6.92 Å². The minimum absolute atomic E-state index is 0.0411. The van der Waals surface area contributed by atoms with Crippen LogP contribution in [0.15, 0.2) is 4.99 Å². The molecule has 0 radical (unpaired) electrons. The zero-order chi connectivity index (χ0) is 40.2. The highest BCUT2D eigenvalue weighted by molar-refractivity contribution is 5.95. The molecule has 16 N–H and O–H groups in total. The summed E-state index contributed by atoms with van der Waals surface area (Å²) in [7, 11) is 0. The van der Waals surface area contributed by atoms with Crippen LogP contribution < -0.4 is 54.8 Å². The first-order valence-corrected chi connectivity index (χ1v) is 17.3. The fourth-order valence-corrected chi connectivity index (χ4v) is 5.28. The molecular formula is C31H56N12O10. The predicted octanol–water partition coefficient (Wildman–Crippen LogP) is -5.91. The van der Waals surface area contributed by atoms with Gasteiger partial charge in [0.15, 0.2) is 5.96 Å². The van der Waals surface area contributed by atoms with Gasteiger partial charge in [0, 0.05) is 26.1 Å². The number of urea groups is 1. The maximum Gasteiger partial charge on any atom is 0.312 e. The predicted molar refractivity (Wildman–Crippen MR) is 190 cm³/mol. The van der Waals surface area contributed by atoms with Crippen molar-refractivity contribution in [2.75, 3.05) is 32.7 Å². The number of nitrogens with one attached hydrogen (secondary N) is 6. The van der Waals surface area contributed by atoms with Crippen molar-refractivity contribution in [3.05, 3.63) is 0 Å². The first-order valence-electron chi connectivity index (χ1n) is 17.3. The van der Waals surface area contributed by atoms with E-state index in [9.17, 15) is 48.6 Å². The summed E-state index contributed by atoms with van der Waals surface area (Å²) in [4.78, 5) is 105. The SMILES string of the molecule is CC(C)C[C@H](NC(=O)CNC(=O)C(N)CCCNC(N)=O)C(=O)N[C@H](C(=O)NCC(=O)N[C@@H](CCCN=C(N)N)C(=O)N1C[C@@H](O)C[C@H]1C=O)[C@@H](C)O. The van der Waals surface area contributed by atoms with Gasteiger partial charge in [0.1, 0.15) is 24.4 Å². The van der Waals surface area contributed by atoms with Crippen LogP contribution >= 0.6 is 0 Å². The van der Waals surface area contributed by atoms with Crippen LogP contribution in [0.2, 0.25) is 0 Å². The van der Waals surface area contributed by atoms with Crippen LogP contribution in [0.1, 0.15) is 59.3 Å². The molecule has 1 aliphatic heterocycles. The van der Waals surface area contributed by atoms with Crippen LogP contribution in [0.3, 0.4) is 0 Å². The second kappa shape index (κ2) is 23.5. The molecule has 0 aromatic rings. The van der Waals surface area contributed by atoms with Crippen molar-refractivity contribution < 1.29 is 48.6 Å². The molecule has 1 aliphatic rings. The molecule has 1 fully saturated rings. The lowest BCUT2D eigenvalue weighted by Gasteiger charge is -2.27. The third kappa shape index (κ3) is 17.8. The number of carbonyl (C=O) groups excluding carboxylic acids is 8. The van der Waals surface area contributed by atoms with Gasteiger partial charge in [-0.3, -0.25) is 33.8 Å². The van der Waals surface area contributed by atoms with Gasteiger partial charge in [0.2, 0.25) is 35.4 Å². The molecule has 0 bridgehead atoms. The van der Waals surface area contributed by atoms with Gasteiger partial charge in [0.05, 0.1) is 37.4 Å². The summed E-state index contributed by atoms with van der Waals surface area (Å²) in [6.45, 7) is 3.82. The topological polar surface area (TPSA) is 369 Å². The highest BCUT2D eigenvalue weighted by Gasteiger charge is 2.38. The van der Waals surface area contributed by atoms with Crippen molar-refractivity contribution in [3.8, 4) is 0 Å². The number of hydrogen-bond donors (Lipinski definition) is 12. The lowest BCUT2D eigenvalue weighted by Crippen LogP contribution is -2.59. The zero-order valence-electron chi connectivity index (χ0n) is 30.3. The van der Waals surface area contributed by atoms with Gasteiger partial charge in [-0.1, -0.05) is 13.8 Å². The Morgan fingerprint density at radius 2 is 1.45 bits per heavy atom. The number of nitrogens with zero attached hydrogens (tertiary/aromatic N) is 2. The van der Waals surface area contributed by atoms with Crippen molar-refractivity contribution in [1.29, 1.82) is 0 Å². The third-order valence-electron chi connectivity index (χ3n) is 7.94. The fourth-order valence-electron chi connectivity index (χ4n) is 5.28. The van der Waals surface area contributed by atoms with Gasteiger partial charge in [-0.15, -0.1) is 0 Å². The largest absolute Gasteiger partial charge is 0.391 e. The number of carbonyl (C=O) groups is 8. The Labute approximate surface area is 307 Å². The molecule has 1 unspecified atom stereocenters. The van der Waals surface area contributed by atoms with Crippen LogP contribution in [0.25, 0.3) is 0 Å². The lowest BCUT2D eigenvalue weighted by molar-refractivity contribution is -0.139. The molecule has 7 atom stereocenters. The Balaban J connectivity index is 2.85. The molecule has 1 saturated heterocycles. The maximum atomic E-state index is 13.3. The standard InChI is InChI=1S/C31H56N12O10/c1-16(2)10-22(41-24(48)12-38-26(49)20(32)6-4-9-37-31(35)53)27(50)42-25(17(3)45)28(51)39-13-23(47)40-21(7-5-8-36-30(33)34)29(52)43-14-19(46)11-18(43)15-44/h15-22,25,45-46H,4-14,32H2,1-3H3,(H,38,49)(H,39,51)(H,40,47)(H,41,48)(H,42,50)(H4,33,34,36)(H3,35,37,53)/t17-,18+,19+,20?,21+,22+,25+/m1/s1. The number of rotatable bonds is 23. The molecule has 1 rings (SSSR count). The van der Waals surface area contributed by atoms with Gasteiger partial charge < -0.3 is 74.7 Å². The van der Waals surface area contributed by atoms with E-state index < -0.39 is 97.0 Å². The van der Waals surface area contributed by atoms with E-state index in [4.69, 9.17) is 22.9 Å². The zero-order valence-corrected chi connectivity index (χ0v) is 30.3. The summed E-state index contributed by atoms with van der Waals surface area (Å²) < 4.78 is 0. The van der Waals surface area contributed by atoms with Gasteiger partial charge in [-0.05, 0) is 44.9 Å². The number of guanidine groups is 1. The van der Waals surface area contributed by atoms with E-state index in [2.05, 4.69) is 36.9 Å². The van der Waals surface area contributed by atoms with Crippen molar-refractivity contribution in [2.24, 2.45) is 33.8 Å². The van der Waals surface area contributed by atoms with Crippen LogP contribution in [-0.2, 0) is 33.6 Å². The van der Waals surface area contributed by atoms with Crippen LogP contribution in [0.5, 0.6) is 0 Å². The molecule has 53 heavy (non-hydrogen) atoms. The molecule has 0 aliphatic carbocycles. The number of nitrogens with two attached hydrogens (primary N) is 4. The number of aliphatic hydroxyl groups excluding tert-OH is 2. The average Bonchev–Trinajstić information content (AvgIpc) is 3.47. The summed E-state index contributed by atoms with van der Waals surface area (Å²) in [6, 6.07) is -6.50. The van der Waals surface area contributed by atoms with Gasteiger partial charge in [0.25, 0.3) is 0 Å². The quantitative estimate of drug-likeness (QED) is 0.0200. The highest BCUT2D eigenvalue weighted by atomic mass is 16.3. The second-order valence-corrected chi connectivity index (χ2v) is 13.1. The number of hydrogen-bond acceptors (Lipinski definition) is 12. The monoisotopic (exact) mass is 756 g/mol. The smallest absolute Gasteiger partial charge is 0.312 e. The van der Waals surface area contributed by atoms with Crippen molar-refractivity contribution in [1.82, 2.24) is 36.8 Å². The Bertz CT molecular complexity index is 1310. The van der Waals surface area contributed by atoms with E-state index in [1.54, 1.807) is 13.8 Å². The summed E-state index contributed by atoms with van der Waals surface area (Å²) >= 11 is 0. The van der Waals surface area contributed by atoms with E-state index in [-0.39, 0.29) is 63.6 Å². The number of amides is 8. The van der Waals surface area contributed by atoms with Gasteiger partial charge in [-0.25, -0.2) is 4.79 Å². The normalized spacial score (nSPS) is 18.0. The van der Waals surface area contributed by atoms with E-state index in [1.807, 2.05) is 0 Å². The minimum Gasteiger partial charge on any atom is -0.391 e. The fraction of sp³-hybridized carbons (Fsp3) is 0.710. The van der Waals surface area contributed by atoms with Gasteiger partial charge >= 0.3 is 6.03 Å². The lowest BCUT2D eigenvalue weighted by atomic mass is 10.0. The number of β-amino-alcohol motifs (C(OH)–C–C–N with tert-alkyl or cyclic N) is 1. The molecular weight excluding hydrogens is 700 g/mol. The maximum absolute atomic E-state index is 13.3. The molecule has 300 valence electrons. The van der Waals surface area contributed by atoms with Crippen molar-refractivity contribution in [3.63, 3.8) is 0 Å². The number of aliphatic imine (C=N–C) groups is 1. The van der Waals surface area contributed by atoms with Crippen LogP contribution in [-0.4, -0.2) is 144 Å². The molecule has 0 saturated carbocycles. The Morgan fingerprint density at radius 1 is 0.849 bits per heavy atom. The number of primary amides is 1. The summed E-state index contributed by atoms with van der Waals surface area (Å²) in [5, 5.41) is 34.7. The molecule has 0 aromatic heterocycles. The number of aldehydes is 1. The second-order valence-electron chi connectivity index (χ2n) is 13.1. The summed E-state index contributed by atoms with van der Waals surface area (Å²) in [6.07, 6.45) is -0.831. The first kappa shape index (κ1) is 45.9. The first-order chi connectivity index (χ1) is 24.9. The van der Waals surface area contributed by atoms with Crippen LogP contribution in [0, 0.1) is 5.92 Å². The molecule has 22 heteroatoms. The summed E-state index contributed by atoms with van der Waals surface area (Å²) in [5.41, 5.74) is 21.5. The van der Waals surface area contributed by atoms with E-state index in [0.717, 1.165) is 4.90 Å². The highest BCUT2D eigenvalue weighted by Crippen LogP contribution is 2.18. The van der Waals surface area contributed by atoms with Crippen molar-refractivity contribution >= 4 is 53.7 Å². The molecule has 22 nitrogen and oxygen atoms in total.